The fraction of sp³-hybridized carbons (Fsp3) is 0.789. The fourth-order valence-corrected chi connectivity index (χ4v) is 2.62. The summed E-state index contributed by atoms with van der Waals surface area (Å²) < 4.78 is 219. The predicted molar refractivity (Wildman–Crippen MR) is 92.3 cm³/mol. The third-order valence-electron chi connectivity index (χ3n) is 4.90. The van der Waals surface area contributed by atoms with E-state index in [1.165, 1.54) is 19.1 Å². The summed E-state index contributed by atoms with van der Waals surface area (Å²) in [5.74, 6) is -60.4. The Morgan fingerprint density at radius 2 is 0.829 bits per heavy atom. The highest BCUT2D eigenvalue weighted by molar-refractivity contribution is 5.16. The number of hydrogen-bond acceptors (Lipinski definition) is 0. The van der Waals surface area contributed by atoms with Gasteiger partial charge in [0.2, 0.25) is 0 Å². The monoisotopic (exact) mass is 552 g/mol. The highest BCUT2D eigenvalue weighted by Gasteiger charge is 2.94. The Kier molecular flexibility index (Phi) is 9.90. The molecule has 0 nitrogen and oxygen atoms in total. The molecule has 0 aliphatic rings. The van der Waals surface area contributed by atoms with Crippen LogP contribution in [0.25, 0.3) is 0 Å². The molecule has 0 radical (unpaired) electrons. The lowest BCUT2D eigenvalue weighted by Gasteiger charge is -2.43. The summed E-state index contributed by atoms with van der Waals surface area (Å²) >= 11 is 0. The first-order valence-corrected chi connectivity index (χ1v) is 9.62. The van der Waals surface area contributed by atoms with Crippen LogP contribution in [-0.2, 0) is 0 Å². The Morgan fingerprint density at radius 1 is 0.486 bits per heavy atom. The Hall–Kier alpha value is -1.64. The van der Waals surface area contributed by atoms with E-state index in [2.05, 4.69) is 6.58 Å². The molecular formula is C19H20F16. The minimum absolute atomic E-state index is 0.0792. The van der Waals surface area contributed by atoms with Gasteiger partial charge in [-0.15, -0.1) is 6.58 Å². The van der Waals surface area contributed by atoms with Crippen LogP contribution in [0.4, 0.5) is 70.2 Å². The zero-order valence-electron chi connectivity index (χ0n) is 17.7. The topological polar surface area (TPSA) is 0 Å². The number of rotatable bonds is 15. The Labute approximate surface area is 189 Å². The smallest absolute Gasteiger partial charge is 0.200 e. The second kappa shape index (κ2) is 10.4. The molecule has 0 bridgehead atoms. The van der Waals surface area contributed by atoms with E-state index in [0.29, 0.717) is 6.08 Å². The number of allylic oxidation sites excluding steroid dienone is 3. The van der Waals surface area contributed by atoms with E-state index in [9.17, 15) is 70.2 Å². The van der Waals surface area contributed by atoms with Crippen LogP contribution >= 0.6 is 0 Å². The molecule has 0 aliphatic carbocycles. The predicted octanol–water partition coefficient (Wildman–Crippen LogP) is 9.17. The molecule has 0 atom stereocenters. The van der Waals surface area contributed by atoms with Crippen LogP contribution < -0.4 is 0 Å². The fourth-order valence-electron chi connectivity index (χ4n) is 2.62. The van der Waals surface area contributed by atoms with Gasteiger partial charge in [0.1, 0.15) is 0 Å². The average Bonchev–Trinajstić information content (AvgIpc) is 2.70. The van der Waals surface area contributed by atoms with Crippen LogP contribution in [0.2, 0.25) is 0 Å². The van der Waals surface area contributed by atoms with Crippen molar-refractivity contribution in [3.63, 3.8) is 0 Å². The van der Waals surface area contributed by atoms with Crippen molar-refractivity contribution in [2.45, 2.75) is 92.8 Å². The molecule has 35 heavy (non-hydrogen) atoms. The summed E-state index contributed by atoms with van der Waals surface area (Å²) in [6, 6.07) is 0. The van der Waals surface area contributed by atoms with Crippen molar-refractivity contribution in [2.75, 3.05) is 0 Å². The molecule has 0 N–H and O–H groups in total. The molecule has 16 heteroatoms. The van der Waals surface area contributed by atoms with Gasteiger partial charge in [0.05, 0.1) is 0 Å². The molecular weight excluding hydrogens is 532 g/mol. The summed E-state index contributed by atoms with van der Waals surface area (Å²) in [4.78, 5) is 0. The molecule has 0 saturated carbocycles. The first kappa shape index (κ1) is 33.4. The van der Waals surface area contributed by atoms with Gasteiger partial charge >= 0.3 is 47.4 Å². The van der Waals surface area contributed by atoms with E-state index < -0.39 is 79.5 Å². The summed E-state index contributed by atoms with van der Waals surface area (Å²) in [6.45, 7) is 4.17. The van der Waals surface area contributed by atoms with Gasteiger partial charge in [0.25, 0.3) is 0 Å². The lowest BCUT2D eigenvalue weighted by molar-refractivity contribution is -0.453. The third kappa shape index (κ3) is 5.39. The number of alkyl halides is 16. The molecule has 0 unspecified atom stereocenters. The van der Waals surface area contributed by atoms with Crippen LogP contribution in [0.15, 0.2) is 24.8 Å². The minimum atomic E-state index is -8.37. The molecule has 0 aromatic carbocycles. The minimum Gasteiger partial charge on any atom is -0.200 e. The molecule has 0 fully saturated rings. The standard InChI is InChI=1S/C19H20F16/c1-3-5-7-8-9-11-13(22,23)15(26,27)17(30,31)19(34,35)18(32,33)16(28,29)14(24,25)12(20,21)10-6-4-2/h3-5H,2,6-11H2,1H3/b5-3+. The summed E-state index contributed by atoms with van der Waals surface area (Å²) in [5.41, 5.74) is 0. The Balaban J connectivity index is 6.40. The van der Waals surface area contributed by atoms with Crippen LogP contribution in [0.5, 0.6) is 0 Å². The molecule has 208 valence electrons. The van der Waals surface area contributed by atoms with Crippen molar-refractivity contribution in [1.29, 1.82) is 0 Å². The van der Waals surface area contributed by atoms with Gasteiger partial charge in [-0.1, -0.05) is 18.2 Å². The SMILES string of the molecule is C=CCCC(F)(F)C(F)(F)C(F)(F)C(F)(F)C(F)(F)C(F)(F)C(F)(F)C(F)(F)CCCC/C=C/C. The second-order valence-corrected chi connectivity index (χ2v) is 7.50. The second-order valence-electron chi connectivity index (χ2n) is 7.50. The summed E-state index contributed by atoms with van der Waals surface area (Å²) in [7, 11) is 0. The van der Waals surface area contributed by atoms with Crippen LogP contribution in [0.3, 0.4) is 0 Å². The van der Waals surface area contributed by atoms with Crippen LogP contribution in [-0.4, -0.2) is 47.4 Å². The maximum Gasteiger partial charge on any atom is 0.384 e. The van der Waals surface area contributed by atoms with E-state index in [4.69, 9.17) is 0 Å². The number of hydrogen-bond donors (Lipinski definition) is 0. The highest BCUT2D eigenvalue weighted by atomic mass is 19.4. The molecule has 0 heterocycles. The Bertz CT molecular complexity index is 735. The van der Waals surface area contributed by atoms with Gasteiger partial charge in [-0.25, -0.2) is 0 Å². The van der Waals surface area contributed by atoms with Gasteiger partial charge in [0.15, 0.2) is 0 Å². The largest absolute Gasteiger partial charge is 0.384 e. The molecule has 0 spiro atoms. The van der Waals surface area contributed by atoms with Crippen LogP contribution in [0.1, 0.15) is 45.4 Å². The molecule has 0 aliphatic heterocycles. The maximum absolute atomic E-state index is 13.8. The van der Waals surface area contributed by atoms with E-state index in [1.807, 2.05) is 0 Å². The van der Waals surface area contributed by atoms with Crippen molar-refractivity contribution >= 4 is 0 Å². The highest BCUT2D eigenvalue weighted by Crippen LogP contribution is 2.64. The maximum atomic E-state index is 13.8. The average molecular weight is 552 g/mol. The van der Waals surface area contributed by atoms with Gasteiger partial charge in [-0.2, -0.15) is 70.2 Å². The van der Waals surface area contributed by atoms with Crippen molar-refractivity contribution < 1.29 is 70.2 Å². The van der Waals surface area contributed by atoms with Crippen molar-refractivity contribution in [2.24, 2.45) is 0 Å². The normalized spacial score (nSPS) is 15.7. The van der Waals surface area contributed by atoms with Gasteiger partial charge in [-0.3, -0.25) is 0 Å². The molecule has 0 aromatic heterocycles. The van der Waals surface area contributed by atoms with Crippen molar-refractivity contribution in [1.82, 2.24) is 0 Å². The van der Waals surface area contributed by atoms with E-state index in [-0.39, 0.29) is 6.42 Å². The van der Waals surface area contributed by atoms with Crippen molar-refractivity contribution in [3.8, 4) is 0 Å². The Morgan fingerprint density at radius 3 is 1.17 bits per heavy atom. The van der Waals surface area contributed by atoms with E-state index in [1.54, 1.807) is 0 Å². The number of unbranched alkanes of at least 4 members (excludes halogenated alkanes) is 2. The summed E-state index contributed by atoms with van der Waals surface area (Å²) in [6.07, 6.45) is -4.51. The first-order valence-electron chi connectivity index (χ1n) is 9.62. The first-order chi connectivity index (χ1) is 15.4. The zero-order chi connectivity index (χ0) is 28.4. The van der Waals surface area contributed by atoms with Crippen LogP contribution in [0, 0.1) is 0 Å². The number of halogens is 16. The summed E-state index contributed by atoms with van der Waals surface area (Å²) in [5, 5.41) is 0. The van der Waals surface area contributed by atoms with E-state index >= 15 is 0 Å². The van der Waals surface area contributed by atoms with Gasteiger partial charge in [0, 0.05) is 12.8 Å². The molecule has 0 saturated heterocycles. The molecule has 0 amide bonds. The van der Waals surface area contributed by atoms with Gasteiger partial charge < -0.3 is 0 Å². The lowest BCUT2D eigenvalue weighted by Crippen LogP contribution is -2.74. The molecule has 0 aromatic rings. The van der Waals surface area contributed by atoms with Crippen molar-refractivity contribution in [3.05, 3.63) is 24.8 Å². The molecule has 0 rings (SSSR count). The third-order valence-corrected chi connectivity index (χ3v) is 4.90. The van der Waals surface area contributed by atoms with Gasteiger partial charge in [-0.05, 0) is 32.6 Å². The lowest BCUT2D eigenvalue weighted by atomic mass is 9.86. The van der Waals surface area contributed by atoms with E-state index in [0.717, 1.165) is 0 Å². The quantitative estimate of drug-likeness (QED) is 0.108. The zero-order valence-corrected chi connectivity index (χ0v) is 17.7.